The van der Waals surface area contributed by atoms with Crippen LogP contribution in [0.4, 0.5) is 10.1 Å². The number of carboxylic acids is 1. The van der Waals surface area contributed by atoms with E-state index >= 15 is 0 Å². The molecule has 0 spiro atoms. The molecule has 0 aromatic heterocycles. The van der Waals surface area contributed by atoms with Crippen molar-refractivity contribution in [2.24, 2.45) is 5.92 Å². The van der Waals surface area contributed by atoms with Crippen molar-refractivity contribution in [1.29, 1.82) is 0 Å². The van der Waals surface area contributed by atoms with Crippen molar-refractivity contribution in [1.82, 2.24) is 0 Å². The first-order chi connectivity index (χ1) is 7.43. The van der Waals surface area contributed by atoms with Crippen LogP contribution in [0, 0.1) is 11.7 Å². The summed E-state index contributed by atoms with van der Waals surface area (Å²) in [5.41, 5.74) is 0.0553. The van der Waals surface area contributed by atoms with E-state index in [0.717, 1.165) is 6.07 Å². The van der Waals surface area contributed by atoms with Crippen LogP contribution in [0.3, 0.4) is 0 Å². The number of nitrogens with one attached hydrogen (secondary N) is 1. The highest BCUT2D eigenvalue weighted by atomic mass is 35.5. The zero-order valence-corrected chi connectivity index (χ0v) is 9.08. The molecule has 6 heteroatoms. The Balaban J connectivity index is 2.85. The molecule has 1 amide bonds. The van der Waals surface area contributed by atoms with Crippen LogP contribution < -0.4 is 5.32 Å². The number of carboxylic acid groups (broad SMARTS) is 1. The Morgan fingerprint density at radius 1 is 1.50 bits per heavy atom. The van der Waals surface area contributed by atoms with Gasteiger partial charge in [0.25, 0.3) is 0 Å². The predicted octanol–water partition coefficient (Wildman–Crippen LogP) is 2.14. The van der Waals surface area contributed by atoms with Gasteiger partial charge in [-0.05, 0) is 19.1 Å². The molecule has 0 saturated carbocycles. The lowest BCUT2D eigenvalue weighted by molar-refractivity contribution is -0.144. The molecule has 4 nitrogen and oxygen atoms in total. The summed E-state index contributed by atoms with van der Waals surface area (Å²) in [5, 5.41) is 10.6. The Bertz CT molecular complexity index is 436. The van der Waals surface area contributed by atoms with Crippen LogP contribution in [0.15, 0.2) is 18.2 Å². The number of aliphatic carboxylic acids is 1. The van der Waals surface area contributed by atoms with Crippen molar-refractivity contribution in [3.05, 3.63) is 29.0 Å². The van der Waals surface area contributed by atoms with Crippen LogP contribution in [0.2, 0.25) is 5.02 Å². The quantitative estimate of drug-likeness (QED) is 0.802. The van der Waals surface area contributed by atoms with Crippen LogP contribution in [-0.2, 0) is 9.59 Å². The second-order valence-corrected chi connectivity index (χ2v) is 3.53. The van der Waals surface area contributed by atoms with E-state index in [1.165, 1.54) is 19.1 Å². The Labute approximate surface area is 96.0 Å². The minimum Gasteiger partial charge on any atom is -0.481 e. The van der Waals surface area contributed by atoms with Crippen LogP contribution >= 0.6 is 11.6 Å². The molecule has 0 aliphatic carbocycles. The fourth-order valence-corrected chi connectivity index (χ4v) is 1.13. The number of amides is 1. The van der Waals surface area contributed by atoms with Crippen LogP contribution in [0.5, 0.6) is 0 Å². The number of benzene rings is 1. The molecule has 0 aliphatic rings. The maximum Gasteiger partial charge on any atom is 0.315 e. The lowest BCUT2D eigenvalue weighted by Crippen LogP contribution is -2.27. The van der Waals surface area contributed by atoms with Gasteiger partial charge in [-0.25, -0.2) is 4.39 Å². The van der Waals surface area contributed by atoms with Gasteiger partial charge in [0.05, 0.1) is 10.7 Å². The molecular weight excluding hydrogens is 237 g/mol. The molecule has 0 fully saturated rings. The van der Waals surface area contributed by atoms with Crippen molar-refractivity contribution in [3.63, 3.8) is 0 Å². The zero-order chi connectivity index (χ0) is 12.3. The van der Waals surface area contributed by atoms with Gasteiger partial charge < -0.3 is 10.4 Å². The third kappa shape index (κ3) is 2.70. The molecule has 0 saturated heterocycles. The summed E-state index contributed by atoms with van der Waals surface area (Å²) in [6.07, 6.45) is 0. The third-order valence-corrected chi connectivity index (χ3v) is 2.36. The van der Waals surface area contributed by atoms with Gasteiger partial charge in [-0.1, -0.05) is 17.7 Å². The smallest absolute Gasteiger partial charge is 0.315 e. The first-order valence-electron chi connectivity index (χ1n) is 4.41. The first kappa shape index (κ1) is 12.4. The lowest BCUT2D eigenvalue weighted by atomic mass is 10.1. The number of carbonyl (C=O) groups excluding carboxylic acids is 1. The van der Waals surface area contributed by atoms with Gasteiger partial charge in [0.2, 0.25) is 5.91 Å². The topological polar surface area (TPSA) is 66.4 Å². The third-order valence-electron chi connectivity index (χ3n) is 1.97. The van der Waals surface area contributed by atoms with Gasteiger partial charge in [-0.2, -0.15) is 0 Å². The second kappa shape index (κ2) is 4.94. The van der Waals surface area contributed by atoms with Gasteiger partial charge in [0.1, 0.15) is 11.7 Å². The zero-order valence-electron chi connectivity index (χ0n) is 8.33. The number of halogens is 2. The number of hydrogen-bond acceptors (Lipinski definition) is 2. The van der Waals surface area contributed by atoms with E-state index in [4.69, 9.17) is 16.7 Å². The van der Waals surface area contributed by atoms with Crippen molar-refractivity contribution < 1.29 is 19.1 Å². The van der Waals surface area contributed by atoms with E-state index in [1.54, 1.807) is 0 Å². The Morgan fingerprint density at radius 2 is 2.12 bits per heavy atom. The Morgan fingerprint density at radius 3 is 2.69 bits per heavy atom. The average molecular weight is 246 g/mol. The van der Waals surface area contributed by atoms with E-state index in [1.807, 2.05) is 0 Å². The minimum atomic E-state index is -1.26. The summed E-state index contributed by atoms with van der Waals surface area (Å²) in [4.78, 5) is 21.9. The van der Waals surface area contributed by atoms with Gasteiger partial charge >= 0.3 is 5.97 Å². The summed E-state index contributed by atoms with van der Waals surface area (Å²) >= 11 is 5.58. The molecule has 16 heavy (non-hydrogen) atoms. The summed E-state index contributed by atoms with van der Waals surface area (Å²) < 4.78 is 13.0. The predicted molar refractivity (Wildman–Crippen MR) is 56.8 cm³/mol. The number of rotatable bonds is 3. The van der Waals surface area contributed by atoms with E-state index in [2.05, 4.69) is 5.32 Å². The summed E-state index contributed by atoms with van der Waals surface area (Å²) in [6, 6.07) is 3.89. The highest BCUT2D eigenvalue weighted by molar-refractivity contribution is 6.34. The SMILES string of the molecule is CC(C(=O)O)C(=O)Nc1cccc(F)c1Cl. The minimum absolute atomic E-state index is 0.0553. The fraction of sp³-hybridized carbons (Fsp3) is 0.200. The van der Waals surface area contributed by atoms with Gasteiger partial charge in [-0.15, -0.1) is 0 Å². The summed E-state index contributed by atoms with van der Waals surface area (Å²) in [5.74, 6) is -3.91. The molecule has 0 radical (unpaired) electrons. The normalized spacial score (nSPS) is 11.9. The van der Waals surface area contributed by atoms with Crippen LogP contribution in [-0.4, -0.2) is 17.0 Å². The lowest BCUT2D eigenvalue weighted by Gasteiger charge is -2.09. The van der Waals surface area contributed by atoms with Crippen molar-refractivity contribution >= 4 is 29.2 Å². The maximum atomic E-state index is 13.0. The molecule has 0 aliphatic heterocycles. The molecule has 0 bridgehead atoms. The fourth-order valence-electron chi connectivity index (χ4n) is 0.953. The molecule has 1 rings (SSSR count). The highest BCUT2D eigenvalue weighted by Gasteiger charge is 2.21. The monoisotopic (exact) mass is 245 g/mol. The second-order valence-electron chi connectivity index (χ2n) is 3.15. The summed E-state index contributed by atoms with van der Waals surface area (Å²) in [6.45, 7) is 1.23. The number of carbonyl (C=O) groups is 2. The number of hydrogen-bond donors (Lipinski definition) is 2. The molecule has 0 heterocycles. The molecule has 86 valence electrons. The van der Waals surface area contributed by atoms with Gasteiger partial charge in [0, 0.05) is 0 Å². The van der Waals surface area contributed by atoms with Gasteiger partial charge in [-0.3, -0.25) is 9.59 Å². The molecule has 1 unspecified atom stereocenters. The molecule has 1 aromatic carbocycles. The van der Waals surface area contributed by atoms with Crippen molar-refractivity contribution in [3.8, 4) is 0 Å². The standard InChI is InChI=1S/C10H9ClFNO3/c1-5(10(15)16)9(14)13-7-4-2-3-6(12)8(7)11/h2-5H,1H3,(H,13,14)(H,15,16). The average Bonchev–Trinajstić information content (AvgIpc) is 2.23. The van der Waals surface area contributed by atoms with Crippen molar-refractivity contribution in [2.45, 2.75) is 6.92 Å². The molecule has 2 N–H and O–H groups in total. The van der Waals surface area contributed by atoms with E-state index in [9.17, 15) is 14.0 Å². The van der Waals surface area contributed by atoms with E-state index in [-0.39, 0.29) is 10.7 Å². The maximum absolute atomic E-state index is 13.0. The molecule has 1 aromatic rings. The van der Waals surface area contributed by atoms with Crippen molar-refractivity contribution in [2.75, 3.05) is 5.32 Å². The Hall–Kier alpha value is -1.62. The highest BCUT2D eigenvalue weighted by Crippen LogP contribution is 2.24. The van der Waals surface area contributed by atoms with Crippen LogP contribution in [0.1, 0.15) is 6.92 Å². The number of anilines is 1. The molecule has 1 atom stereocenters. The molecular formula is C10H9ClFNO3. The Kier molecular flexibility index (Phi) is 3.84. The largest absolute Gasteiger partial charge is 0.481 e. The van der Waals surface area contributed by atoms with Gasteiger partial charge in [0.15, 0.2) is 0 Å². The van der Waals surface area contributed by atoms with E-state index in [0.29, 0.717) is 0 Å². The van der Waals surface area contributed by atoms with Crippen LogP contribution in [0.25, 0.3) is 0 Å². The summed E-state index contributed by atoms with van der Waals surface area (Å²) in [7, 11) is 0. The van der Waals surface area contributed by atoms with E-state index < -0.39 is 23.6 Å². The first-order valence-corrected chi connectivity index (χ1v) is 4.79.